The normalized spacial score (nSPS) is 35.8. The molecule has 1 aliphatic heterocycles. The van der Waals surface area contributed by atoms with Gasteiger partial charge in [0.1, 0.15) is 7.85 Å². The van der Waals surface area contributed by atoms with Crippen molar-refractivity contribution in [2.45, 2.75) is 25.1 Å². The van der Waals surface area contributed by atoms with Gasteiger partial charge in [-0.25, -0.2) is 0 Å². The molecule has 11 heavy (non-hydrogen) atoms. The summed E-state index contributed by atoms with van der Waals surface area (Å²) >= 11 is 0. The van der Waals surface area contributed by atoms with E-state index in [0.29, 0.717) is 17.6 Å². The fourth-order valence-corrected chi connectivity index (χ4v) is 1.84. The van der Waals surface area contributed by atoms with E-state index < -0.39 is 0 Å². The number of amides is 1. The second-order valence-electron chi connectivity index (χ2n) is 3.85. The summed E-state index contributed by atoms with van der Waals surface area (Å²) in [5.41, 5.74) is 0. The van der Waals surface area contributed by atoms with E-state index in [4.69, 9.17) is 0 Å². The smallest absolute Gasteiger partial charge is 0.225 e. The summed E-state index contributed by atoms with van der Waals surface area (Å²) in [6.07, 6.45) is 3.56. The molecule has 1 heterocycles. The minimum atomic E-state index is 0.396. The van der Waals surface area contributed by atoms with Crippen LogP contribution in [-0.4, -0.2) is 31.7 Å². The van der Waals surface area contributed by atoms with Gasteiger partial charge in [-0.05, 0) is 19.3 Å². The summed E-state index contributed by atoms with van der Waals surface area (Å²) in [7, 11) is 2.17. The maximum Gasteiger partial charge on any atom is 0.225 e. The molecular formula is C8H14BNO. The number of hydrogen-bond donors (Lipinski definition) is 0. The first kappa shape index (κ1) is 7.20. The van der Waals surface area contributed by atoms with Crippen LogP contribution in [0, 0.1) is 5.92 Å². The molecule has 0 bridgehead atoms. The average Bonchev–Trinajstić information content (AvgIpc) is 2.56. The standard InChI is InChI=1S/C8H14BNO/c9-7-5-6(7)8(11)10-3-1-2-4-10/h6-7H,1-5,9H2/t6-,7+/m1/s1. The van der Waals surface area contributed by atoms with Crippen molar-refractivity contribution in [1.82, 2.24) is 4.90 Å². The summed E-state index contributed by atoms with van der Waals surface area (Å²) in [5.74, 6) is 1.49. The fraction of sp³-hybridized carbons (Fsp3) is 0.875. The molecule has 0 radical (unpaired) electrons. The van der Waals surface area contributed by atoms with Gasteiger partial charge in [0.25, 0.3) is 0 Å². The van der Waals surface area contributed by atoms with Crippen LogP contribution in [0.1, 0.15) is 19.3 Å². The van der Waals surface area contributed by atoms with Crippen molar-refractivity contribution < 1.29 is 4.79 Å². The van der Waals surface area contributed by atoms with Crippen LogP contribution >= 0.6 is 0 Å². The summed E-state index contributed by atoms with van der Waals surface area (Å²) < 4.78 is 0. The van der Waals surface area contributed by atoms with Gasteiger partial charge in [0.2, 0.25) is 5.91 Å². The van der Waals surface area contributed by atoms with E-state index in [1.165, 1.54) is 12.8 Å². The Hall–Kier alpha value is -0.465. The second-order valence-corrected chi connectivity index (χ2v) is 3.85. The van der Waals surface area contributed by atoms with E-state index in [2.05, 4.69) is 7.85 Å². The first-order valence-corrected chi connectivity index (χ1v) is 4.58. The molecule has 2 aliphatic rings. The lowest BCUT2D eigenvalue weighted by atomic mass is 10.00. The average molecular weight is 151 g/mol. The molecule has 60 valence electrons. The van der Waals surface area contributed by atoms with E-state index in [0.717, 1.165) is 19.5 Å². The first-order valence-electron chi connectivity index (χ1n) is 4.58. The molecule has 1 saturated heterocycles. The van der Waals surface area contributed by atoms with Gasteiger partial charge >= 0.3 is 0 Å². The Balaban J connectivity index is 1.89. The predicted molar refractivity (Wildman–Crippen MR) is 46.2 cm³/mol. The molecule has 1 aliphatic carbocycles. The zero-order valence-corrected chi connectivity index (χ0v) is 7.05. The molecule has 2 atom stereocenters. The molecule has 0 unspecified atom stereocenters. The maximum atomic E-state index is 11.5. The molecule has 2 rings (SSSR count). The Bertz CT molecular complexity index is 177. The van der Waals surface area contributed by atoms with Crippen molar-refractivity contribution >= 4 is 13.8 Å². The molecule has 0 N–H and O–H groups in total. The predicted octanol–water partition coefficient (Wildman–Crippen LogP) is 0.0503. The van der Waals surface area contributed by atoms with Crippen molar-refractivity contribution in [3.63, 3.8) is 0 Å². The third kappa shape index (κ3) is 1.28. The minimum absolute atomic E-state index is 0.396. The maximum absolute atomic E-state index is 11.5. The van der Waals surface area contributed by atoms with Crippen molar-refractivity contribution in [3.8, 4) is 0 Å². The topological polar surface area (TPSA) is 20.3 Å². The third-order valence-electron chi connectivity index (χ3n) is 2.84. The third-order valence-corrected chi connectivity index (χ3v) is 2.84. The SMILES string of the molecule is B[C@H]1C[C@H]1C(=O)N1CCCC1. The van der Waals surface area contributed by atoms with Crippen LogP contribution in [0.25, 0.3) is 0 Å². The van der Waals surface area contributed by atoms with Crippen LogP contribution in [-0.2, 0) is 4.79 Å². The number of carbonyl (C=O) groups excluding carboxylic acids is 1. The Kier molecular flexibility index (Phi) is 1.66. The summed E-state index contributed by atoms with van der Waals surface area (Å²) in [6.45, 7) is 2.03. The molecule has 3 heteroatoms. The van der Waals surface area contributed by atoms with Crippen molar-refractivity contribution in [1.29, 1.82) is 0 Å². The quantitative estimate of drug-likeness (QED) is 0.485. The lowest BCUT2D eigenvalue weighted by molar-refractivity contribution is -0.131. The van der Waals surface area contributed by atoms with E-state index in [1.807, 2.05) is 4.90 Å². The Morgan fingerprint density at radius 2 is 1.91 bits per heavy atom. The van der Waals surface area contributed by atoms with Gasteiger partial charge < -0.3 is 4.90 Å². The number of carbonyl (C=O) groups is 1. The highest BCUT2D eigenvalue weighted by Crippen LogP contribution is 2.43. The molecule has 0 aromatic rings. The van der Waals surface area contributed by atoms with Gasteiger partial charge in [-0.15, -0.1) is 0 Å². The van der Waals surface area contributed by atoms with Gasteiger partial charge in [-0.1, -0.05) is 5.82 Å². The number of nitrogens with zero attached hydrogens (tertiary/aromatic N) is 1. The molecule has 1 saturated carbocycles. The molecule has 2 fully saturated rings. The summed E-state index contributed by atoms with van der Waals surface area (Å²) in [4.78, 5) is 13.6. The highest BCUT2D eigenvalue weighted by atomic mass is 16.2. The summed E-state index contributed by atoms with van der Waals surface area (Å²) in [6, 6.07) is 0. The zero-order valence-electron chi connectivity index (χ0n) is 7.05. The number of rotatable bonds is 1. The fourth-order valence-electron chi connectivity index (χ4n) is 1.84. The molecule has 1 amide bonds. The Morgan fingerprint density at radius 1 is 1.36 bits per heavy atom. The van der Waals surface area contributed by atoms with E-state index in [9.17, 15) is 4.79 Å². The van der Waals surface area contributed by atoms with E-state index in [1.54, 1.807) is 0 Å². The first-order chi connectivity index (χ1) is 5.29. The molecule has 2 nitrogen and oxygen atoms in total. The van der Waals surface area contributed by atoms with Gasteiger partial charge in [0.05, 0.1) is 0 Å². The number of likely N-dealkylation sites (tertiary alicyclic amines) is 1. The monoisotopic (exact) mass is 151 g/mol. The molecule has 0 spiro atoms. The highest BCUT2D eigenvalue weighted by molar-refractivity contribution is 6.16. The Morgan fingerprint density at radius 3 is 2.36 bits per heavy atom. The minimum Gasteiger partial charge on any atom is -0.342 e. The van der Waals surface area contributed by atoms with Crippen molar-refractivity contribution in [2.24, 2.45) is 5.92 Å². The van der Waals surface area contributed by atoms with Crippen molar-refractivity contribution in [3.05, 3.63) is 0 Å². The lowest BCUT2D eigenvalue weighted by Gasteiger charge is -2.14. The highest BCUT2D eigenvalue weighted by Gasteiger charge is 2.41. The molecular weight excluding hydrogens is 137 g/mol. The Labute approximate surface area is 68.4 Å². The van der Waals surface area contributed by atoms with Gasteiger partial charge in [0.15, 0.2) is 0 Å². The lowest BCUT2D eigenvalue weighted by Crippen LogP contribution is -2.29. The van der Waals surface area contributed by atoms with Crippen LogP contribution in [0.15, 0.2) is 0 Å². The molecule has 0 aromatic carbocycles. The largest absolute Gasteiger partial charge is 0.342 e. The van der Waals surface area contributed by atoms with Crippen molar-refractivity contribution in [2.75, 3.05) is 13.1 Å². The van der Waals surface area contributed by atoms with Crippen LogP contribution in [0.3, 0.4) is 0 Å². The molecule has 0 aromatic heterocycles. The number of hydrogen-bond acceptors (Lipinski definition) is 1. The van der Waals surface area contributed by atoms with E-state index in [-0.39, 0.29) is 0 Å². The van der Waals surface area contributed by atoms with E-state index >= 15 is 0 Å². The van der Waals surface area contributed by atoms with Gasteiger partial charge in [-0.2, -0.15) is 0 Å². The van der Waals surface area contributed by atoms with Crippen LogP contribution in [0.4, 0.5) is 0 Å². The summed E-state index contributed by atoms with van der Waals surface area (Å²) in [5, 5.41) is 0. The van der Waals surface area contributed by atoms with Gasteiger partial charge in [-0.3, -0.25) is 4.79 Å². The zero-order chi connectivity index (χ0) is 7.84. The second kappa shape index (κ2) is 2.54. The van der Waals surface area contributed by atoms with Crippen LogP contribution in [0.5, 0.6) is 0 Å². The van der Waals surface area contributed by atoms with Gasteiger partial charge in [0, 0.05) is 19.0 Å². The van der Waals surface area contributed by atoms with Crippen LogP contribution < -0.4 is 0 Å². The van der Waals surface area contributed by atoms with Crippen LogP contribution in [0.2, 0.25) is 5.82 Å².